The van der Waals surface area contributed by atoms with E-state index in [0.717, 1.165) is 0 Å². The molecular weight excluding hydrogens is 126 g/mol. The summed E-state index contributed by atoms with van der Waals surface area (Å²) in [4.78, 5) is 1.34. The minimum absolute atomic E-state index is 1.18. The largest absolute Gasteiger partial charge is 0.317 e. The predicted molar refractivity (Wildman–Crippen MR) is 33.9 cm³/mol. The first-order valence-electron chi connectivity index (χ1n) is 2.03. The van der Waals surface area contributed by atoms with Gasteiger partial charge in [0.2, 0.25) is 4.88 Å². The second-order valence-electron chi connectivity index (χ2n) is 1.39. The van der Waals surface area contributed by atoms with Crippen LogP contribution in [0.4, 0.5) is 0 Å². The average Bonchev–Trinajstić information content (AvgIpc) is 1.91. The Morgan fingerprint density at radius 1 is 1.57 bits per heavy atom. The summed E-state index contributed by atoms with van der Waals surface area (Å²) in [5.41, 5.74) is 1.18. The van der Waals surface area contributed by atoms with Crippen molar-refractivity contribution in [3.63, 3.8) is 0 Å². The zero-order valence-corrected chi connectivity index (χ0v) is 5.90. The molecule has 3 heteroatoms. The summed E-state index contributed by atoms with van der Waals surface area (Å²) in [5, 5.41) is 0. The molecule has 0 radical (unpaired) electrons. The summed E-state index contributed by atoms with van der Waals surface area (Å²) >= 11 is 0. The average molecular weight is 132 g/mol. The molecule has 0 amide bonds. The highest BCUT2D eigenvalue weighted by Gasteiger charge is 2.06. The molecule has 0 aliphatic heterocycles. The van der Waals surface area contributed by atoms with Gasteiger partial charge >= 0.3 is 10.3 Å². The maximum atomic E-state index is 4.08. The Morgan fingerprint density at radius 2 is 2.29 bits per heavy atom. The molecular formula is C4H6NS2+. The number of aryl methyl sites for hydroxylation is 2. The van der Waals surface area contributed by atoms with Gasteiger partial charge < -0.3 is 0 Å². The van der Waals surface area contributed by atoms with Crippen LogP contribution in [0.5, 0.6) is 0 Å². The van der Waals surface area contributed by atoms with Crippen LogP contribution in [-0.2, 0) is 0 Å². The zero-order valence-electron chi connectivity index (χ0n) is 4.26. The topological polar surface area (TPSA) is 12.9 Å². The van der Waals surface area contributed by atoms with Crippen LogP contribution in [0.2, 0.25) is 0 Å². The summed E-state index contributed by atoms with van der Waals surface area (Å²) in [6.07, 6.45) is 0. The Labute approximate surface area is 50.2 Å². The molecule has 0 aliphatic carbocycles. The molecule has 0 N–H and O–H groups in total. The maximum absolute atomic E-state index is 4.08. The van der Waals surface area contributed by atoms with Crippen molar-refractivity contribution in [1.29, 1.82) is 0 Å². The smallest absolute Gasteiger partial charge is 0.140 e. The van der Waals surface area contributed by atoms with E-state index in [4.69, 9.17) is 0 Å². The Morgan fingerprint density at radius 3 is 2.43 bits per heavy atom. The molecule has 1 heterocycles. The fraction of sp³-hybridized carbons (Fsp3) is 0.500. The second kappa shape index (κ2) is 1.84. The molecule has 0 spiro atoms. The first-order chi connectivity index (χ1) is 3.30. The third-order valence-corrected chi connectivity index (χ3v) is 3.01. The van der Waals surface area contributed by atoms with Crippen LogP contribution in [0.3, 0.4) is 0 Å². The van der Waals surface area contributed by atoms with E-state index in [0.29, 0.717) is 0 Å². The lowest BCUT2D eigenvalue weighted by atomic mass is 10.4. The summed E-state index contributed by atoms with van der Waals surface area (Å²) in [7, 11) is 3.29. The van der Waals surface area contributed by atoms with Gasteiger partial charge in [-0.15, -0.1) is 4.37 Å². The lowest BCUT2D eigenvalue weighted by Gasteiger charge is -1.65. The van der Waals surface area contributed by atoms with Crippen molar-refractivity contribution in [2.24, 2.45) is 0 Å². The van der Waals surface area contributed by atoms with E-state index in [1.54, 1.807) is 20.9 Å². The third-order valence-electron chi connectivity index (χ3n) is 0.846. The number of aromatic nitrogens is 1. The van der Waals surface area contributed by atoms with Crippen molar-refractivity contribution in [3.8, 4) is 0 Å². The Bertz CT molecular complexity index is 142. The molecule has 0 bridgehead atoms. The summed E-state index contributed by atoms with van der Waals surface area (Å²) in [6.45, 7) is 4.12. The van der Waals surface area contributed by atoms with Crippen molar-refractivity contribution >= 4 is 20.9 Å². The summed E-state index contributed by atoms with van der Waals surface area (Å²) in [6, 6.07) is 0. The standard InChI is InChI=1S/C4H6NS2/c1-3-4(2)6-7-5-3/h1-2H3/q+1. The molecule has 38 valence electrons. The van der Waals surface area contributed by atoms with Crippen molar-refractivity contribution in [3.05, 3.63) is 10.6 Å². The molecule has 1 aromatic rings. The highest BCUT2D eigenvalue weighted by molar-refractivity contribution is 7.67. The number of hydrogen-bond donors (Lipinski definition) is 0. The van der Waals surface area contributed by atoms with Crippen LogP contribution in [0.25, 0.3) is 0 Å². The predicted octanol–water partition coefficient (Wildman–Crippen LogP) is 2.10. The first-order valence-corrected chi connectivity index (χ1v) is 4.13. The molecule has 0 saturated carbocycles. The number of nitrogens with zero attached hydrogens (tertiary/aromatic N) is 1. The fourth-order valence-electron chi connectivity index (χ4n) is 0.255. The highest BCUT2D eigenvalue weighted by Crippen LogP contribution is 2.13. The second-order valence-corrected chi connectivity index (χ2v) is 3.45. The monoisotopic (exact) mass is 132 g/mol. The van der Waals surface area contributed by atoms with E-state index in [9.17, 15) is 0 Å². The van der Waals surface area contributed by atoms with Gasteiger partial charge in [-0.05, 0) is 6.92 Å². The molecule has 1 rings (SSSR count). The minimum atomic E-state index is 1.18. The van der Waals surface area contributed by atoms with Gasteiger partial charge in [0.05, 0.1) is 0 Å². The maximum Gasteiger partial charge on any atom is 0.317 e. The van der Waals surface area contributed by atoms with E-state index < -0.39 is 0 Å². The van der Waals surface area contributed by atoms with Gasteiger partial charge in [-0.3, -0.25) is 0 Å². The van der Waals surface area contributed by atoms with Gasteiger partial charge in [-0.2, -0.15) is 0 Å². The fourth-order valence-corrected chi connectivity index (χ4v) is 2.02. The van der Waals surface area contributed by atoms with Crippen molar-refractivity contribution in [2.75, 3.05) is 0 Å². The van der Waals surface area contributed by atoms with Gasteiger partial charge in [0, 0.05) is 6.92 Å². The summed E-state index contributed by atoms with van der Waals surface area (Å²) in [5.74, 6) is 0. The highest BCUT2D eigenvalue weighted by atomic mass is 32.9. The first kappa shape index (κ1) is 5.12. The third kappa shape index (κ3) is 0.951. The van der Waals surface area contributed by atoms with Gasteiger partial charge in [-0.1, -0.05) is 0 Å². The molecule has 0 fully saturated rings. The van der Waals surface area contributed by atoms with Crippen LogP contribution >= 0.6 is 20.9 Å². The van der Waals surface area contributed by atoms with E-state index in [2.05, 4.69) is 11.3 Å². The molecule has 0 atom stereocenters. The quantitative estimate of drug-likeness (QED) is 0.389. The Balaban J connectivity index is 3.12. The molecule has 7 heavy (non-hydrogen) atoms. The molecule has 1 aromatic heterocycles. The van der Waals surface area contributed by atoms with E-state index in [1.165, 1.54) is 10.6 Å². The molecule has 0 aliphatic rings. The Hall–Kier alpha value is -0.0200. The van der Waals surface area contributed by atoms with Crippen molar-refractivity contribution in [2.45, 2.75) is 13.8 Å². The SMILES string of the molecule is Cc1ns[s+]c1C. The van der Waals surface area contributed by atoms with Crippen LogP contribution < -0.4 is 0 Å². The number of hydrogen-bond acceptors (Lipinski definition) is 2. The van der Waals surface area contributed by atoms with Crippen molar-refractivity contribution < 1.29 is 0 Å². The van der Waals surface area contributed by atoms with E-state index in [1.807, 2.05) is 6.92 Å². The zero-order chi connectivity index (χ0) is 5.28. The number of rotatable bonds is 0. The van der Waals surface area contributed by atoms with Crippen molar-refractivity contribution in [1.82, 2.24) is 4.37 Å². The molecule has 0 aromatic carbocycles. The van der Waals surface area contributed by atoms with Gasteiger partial charge in [-0.25, -0.2) is 0 Å². The van der Waals surface area contributed by atoms with Crippen LogP contribution in [-0.4, -0.2) is 4.37 Å². The molecule has 0 saturated heterocycles. The van der Waals surface area contributed by atoms with Crippen LogP contribution in [0, 0.1) is 13.8 Å². The van der Waals surface area contributed by atoms with Gasteiger partial charge in [0.1, 0.15) is 5.69 Å². The molecule has 0 unspecified atom stereocenters. The van der Waals surface area contributed by atoms with Gasteiger partial charge in [0.25, 0.3) is 10.5 Å². The molecule has 1 nitrogen and oxygen atoms in total. The summed E-state index contributed by atoms with van der Waals surface area (Å²) < 4.78 is 4.08. The van der Waals surface area contributed by atoms with E-state index >= 15 is 0 Å². The van der Waals surface area contributed by atoms with Crippen LogP contribution in [0.1, 0.15) is 10.6 Å². The Kier molecular flexibility index (Phi) is 1.35. The minimum Gasteiger partial charge on any atom is -0.140 e. The van der Waals surface area contributed by atoms with Gasteiger partial charge in [0.15, 0.2) is 0 Å². The van der Waals surface area contributed by atoms with Crippen LogP contribution in [0.15, 0.2) is 0 Å². The normalized spacial score (nSPS) is 9.43. The lowest BCUT2D eigenvalue weighted by Crippen LogP contribution is -1.67. The lowest BCUT2D eigenvalue weighted by molar-refractivity contribution is 1.29. The van der Waals surface area contributed by atoms with E-state index in [-0.39, 0.29) is 0 Å².